The molecule has 388 valence electrons. The number of quaternary nitrogens is 1. The van der Waals surface area contributed by atoms with Crippen LogP contribution in [0.15, 0.2) is 12.2 Å². The monoisotopic (exact) mass is 942 g/mol. The highest BCUT2D eigenvalue weighted by atomic mass is 31.2. The third-order valence-corrected chi connectivity index (χ3v) is 14.2. The van der Waals surface area contributed by atoms with Crippen LogP contribution in [-0.4, -0.2) is 73.4 Å². The summed E-state index contributed by atoms with van der Waals surface area (Å²) in [6.45, 7) is 4.87. The molecule has 0 bridgehead atoms. The highest BCUT2D eigenvalue weighted by molar-refractivity contribution is 7.47. The standard InChI is InChI=1S/C56H113N2O6P/c1-6-8-10-12-14-16-18-20-22-24-26-27-28-29-30-31-32-34-36-38-40-42-44-46-48-50-56(60)57-54(53-64-65(61,62)63-52-51-58(3,4)5)55(59)49-47-45-43-41-39-37-35-33-25-23-21-19-17-15-13-11-9-7-2/h47,49,54-55,59H,6-46,48,50-53H2,1-5H3,(H-,57,60,61,62)/p+1/b49-47+. The van der Waals surface area contributed by atoms with E-state index >= 15 is 0 Å². The van der Waals surface area contributed by atoms with E-state index in [1.54, 1.807) is 6.08 Å². The predicted molar refractivity (Wildman–Crippen MR) is 282 cm³/mol. The summed E-state index contributed by atoms with van der Waals surface area (Å²) < 4.78 is 23.7. The molecule has 0 aromatic heterocycles. The van der Waals surface area contributed by atoms with Crippen LogP contribution in [0.1, 0.15) is 290 Å². The fourth-order valence-corrected chi connectivity index (χ4v) is 9.49. The number of rotatable bonds is 53. The third kappa shape index (κ3) is 50.9. The van der Waals surface area contributed by atoms with Crippen LogP contribution >= 0.6 is 7.82 Å². The number of phosphoric acid groups is 1. The highest BCUT2D eigenvalue weighted by Gasteiger charge is 2.27. The Morgan fingerprint density at radius 2 is 0.815 bits per heavy atom. The second kappa shape index (κ2) is 48.3. The molecule has 0 rings (SSSR count). The smallest absolute Gasteiger partial charge is 0.387 e. The topological polar surface area (TPSA) is 105 Å². The SMILES string of the molecule is CCCCCCCCCCCCCCCCCC/C=C/C(O)C(COP(=O)(O)OCC[N+](C)(C)C)NC(=O)CCCCCCCCCCCCCCCCCCCCCCCCCCC. The lowest BCUT2D eigenvalue weighted by Gasteiger charge is -2.25. The molecule has 65 heavy (non-hydrogen) atoms. The fraction of sp³-hybridized carbons (Fsp3) is 0.946. The Bertz CT molecular complexity index is 1070. The molecule has 1 amide bonds. The highest BCUT2D eigenvalue weighted by Crippen LogP contribution is 2.43. The van der Waals surface area contributed by atoms with Gasteiger partial charge in [-0.15, -0.1) is 0 Å². The molecule has 0 saturated carbocycles. The van der Waals surface area contributed by atoms with Crippen LogP contribution in [0.4, 0.5) is 0 Å². The van der Waals surface area contributed by atoms with Crippen LogP contribution in [0.2, 0.25) is 0 Å². The number of amides is 1. The molecule has 8 nitrogen and oxygen atoms in total. The van der Waals surface area contributed by atoms with Crippen molar-refractivity contribution in [1.29, 1.82) is 0 Å². The minimum atomic E-state index is -4.34. The van der Waals surface area contributed by atoms with Gasteiger partial charge in [0.15, 0.2) is 0 Å². The average molecular weight is 943 g/mol. The van der Waals surface area contributed by atoms with Crippen LogP contribution in [-0.2, 0) is 18.4 Å². The zero-order chi connectivity index (χ0) is 47.8. The van der Waals surface area contributed by atoms with E-state index in [1.165, 1.54) is 238 Å². The van der Waals surface area contributed by atoms with E-state index in [0.29, 0.717) is 17.4 Å². The van der Waals surface area contributed by atoms with Crippen LogP contribution in [0, 0.1) is 0 Å². The van der Waals surface area contributed by atoms with E-state index in [4.69, 9.17) is 9.05 Å². The van der Waals surface area contributed by atoms with Gasteiger partial charge in [-0.1, -0.05) is 276 Å². The van der Waals surface area contributed by atoms with Gasteiger partial charge in [0.25, 0.3) is 0 Å². The molecule has 3 N–H and O–H groups in total. The number of allylic oxidation sites excluding steroid dienone is 1. The van der Waals surface area contributed by atoms with Crippen molar-refractivity contribution in [3.63, 3.8) is 0 Å². The molecule has 9 heteroatoms. The first-order valence-electron chi connectivity index (χ1n) is 28.6. The lowest BCUT2D eigenvalue weighted by Crippen LogP contribution is -2.45. The van der Waals surface area contributed by atoms with Crippen molar-refractivity contribution in [2.24, 2.45) is 0 Å². The van der Waals surface area contributed by atoms with Gasteiger partial charge < -0.3 is 19.8 Å². The number of hydrogen-bond acceptors (Lipinski definition) is 5. The summed E-state index contributed by atoms with van der Waals surface area (Å²) in [4.78, 5) is 23.3. The number of carbonyl (C=O) groups is 1. The van der Waals surface area contributed by atoms with Crippen molar-refractivity contribution in [3.05, 3.63) is 12.2 Å². The zero-order valence-electron chi connectivity index (χ0n) is 44.3. The summed E-state index contributed by atoms with van der Waals surface area (Å²) >= 11 is 0. The number of carbonyl (C=O) groups excluding carboxylic acids is 1. The fourth-order valence-electron chi connectivity index (χ4n) is 8.75. The lowest BCUT2D eigenvalue weighted by molar-refractivity contribution is -0.870. The number of aliphatic hydroxyl groups is 1. The summed E-state index contributed by atoms with van der Waals surface area (Å²) in [5.41, 5.74) is 0. The number of unbranched alkanes of at least 4 members (excludes halogenated alkanes) is 40. The normalized spacial score (nSPS) is 14.0. The molecule has 0 aliphatic heterocycles. The van der Waals surface area contributed by atoms with Crippen molar-refractivity contribution in [1.82, 2.24) is 5.32 Å². The van der Waals surface area contributed by atoms with Gasteiger partial charge in [-0.2, -0.15) is 0 Å². The van der Waals surface area contributed by atoms with Gasteiger partial charge >= 0.3 is 7.82 Å². The molecule has 0 aliphatic carbocycles. The third-order valence-electron chi connectivity index (χ3n) is 13.3. The van der Waals surface area contributed by atoms with E-state index in [2.05, 4.69) is 19.2 Å². The number of nitrogens with zero attached hydrogens (tertiary/aromatic N) is 1. The van der Waals surface area contributed by atoms with Gasteiger partial charge in [0.1, 0.15) is 13.2 Å². The molecule has 0 heterocycles. The van der Waals surface area contributed by atoms with Crippen molar-refractivity contribution < 1.29 is 32.9 Å². The first-order valence-corrected chi connectivity index (χ1v) is 30.1. The van der Waals surface area contributed by atoms with Crippen LogP contribution in [0.3, 0.4) is 0 Å². The number of hydrogen-bond donors (Lipinski definition) is 3. The molecule has 0 aromatic rings. The summed E-state index contributed by atoms with van der Waals surface area (Å²) in [5, 5.41) is 13.9. The van der Waals surface area contributed by atoms with Crippen molar-refractivity contribution in [2.45, 2.75) is 302 Å². The first kappa shape index (κ1) is 64.2. The number of likely N-dealkylation sites (N-methyl/N-ethyl adjacent to an activating group) is 1. The van der Waals surface area contributed by atoms with E-state index in [0.717, 1.165) is 32.1 Å². The van der Waals surface area contributed by atoms with Crippen molar-refractivity contribution >= 4 is 13.7 Å². The lowest BCUT2D eigenvalue weighted by atomic mass is 10.0. The van der Waals surface area contributed by atoms with E-state index < -0.39 is 20.0 Å². The Balaban J connectivity index is 4.16. The largest absolute Gasteiger partial charge is 0.472 e. The van der Waals surface area contributed by atoms with Gasteiger partial charge in [-0.25, -0.2) is 4.57 Å². The Morgan fingerprint density at radius 1 is 0.508 bits per heavy atom. The molecule has 0 spiro atoms. The maximum absolute atomic E-state index is 13.0. The maximum atomic E-state index is 13.0. The second-order valence-corrected chi connectivity index (χ2v) is 22.5. The Labute approximate surface area is 405 Å². The quantitative estimate of drug-likeness (QED) is 0.0243. The summed E-state index contributed by atoms with van der Waals surface area (Å²) in [6, 6.07) is -0.841. The first-order chi connectivity index (χ1) is 31.5. The summed E-state index contributed by atoms with van der Waals surface area (Å²) in [6.07, 6.45) is 58.8. The average Bonchev–Trinajstić information content (AvgIpc) is 3.26. The van der Waals surface area contributed by atoms with E-state index in [1.807, 2.05) is 27.2 Å². The molecular formula is C56H114N2O6P+. The van der Waals surface area contributed by atoms with Gasteiger partial charge in [-0.3, -0.25) is 13.8 Å². The molecular weight excluding hydrogens is 828 g/mol. The molecule has 3 unspecified atom stereocenters. The minimum Gasteiger partial charge on any atom is -0.387 e. The van der Waals surface area contributed by atoms with Gasteiger partial charge in [0.05, 0.1) is 39.9 Å². The number of phosphoric ester groups is 1. The van der Waals surface area contributed by atoms with Gasteiger partial charge in [0.2, 0.25) is 5.91 Å². The van der Waals surface area contributed by atoms with Gasteiger partial charge in [0, 0.05) is 6.42 Å². The van der Waals surface area contributed by atoms with Crippen LogP contribution in [0.25, 0.3) is 0 Å². The zero-order valence-corrected chi connectivity index (χ0v) is 45.2. The van der Waals surface area contributed by atoms with E-state index in [9.17, 15) is 19.4 Å². The van der Waals surface area contributed by atoms with Crippen molar-refractivity contribution in [3.8, 4) is 0 Å². The van der Waals surface area contributed by atoms with Crippen molar-refractivity contribution in [2.75, 3.05) is 40.9 Å². The number of nitrogens with one attached hydrogen (secondary N) is 1. The maximum Gasteiger partial charge on any atom is 0.472 e. The molecule has 0 fully saturated rings. The van der Waals surface area contributed by atoms with Crippen LogP contribution < -0.4 is 5.32 Å². The Morgan fingerprint density at radius 3 is 1.14 bits per heavy atom. The Hall–Kier alpha value is -0.760. The summed E-state index contributed by atoms with van der Waals surface area (Å²) in [5.74, 6) is -0.170. The minimum absolute atomic E-state index is 0.0651. The van der Waals surface area contributed by atoms with E-state index in [-0.39, 0.29) is 19.1 Å². The number of aliphatic hydroxyl groups excluding tert-OH is 1. The second-order valence-electron chi connectivity index (χ2n) is 21.0. The molecule has 0 aromatic carbocycles. The molecule has 3 atom stereocenters. The van der Waals surface area contributed by atoms with Crippen LogP contribution in [0.5, 0.6) is 0 Å². The molecule has 0 aliphatic rings. The summed E-state index contributed by atoms with van der Waals surface area (Å²) in [7, 11) is 1.59. The van der Waals surface area contributed by atoms with Gasteiger partial charge in [-0.05, 0) is 19.3 Å². The predicted octanol–water partition coefficient (Wildman–Crippen LogP) is 17.0. The molecule has 0 radical (unpaired) electrons. The Kier molecular flexibility index (Phi) is 47.7. The molecule has 0 saturated heterocycles.